The zero-order chi connectivity index (χ0) is 14.0. The molecule has 1 aromatic heterocycles. The first-order chi connectivity index (χ1) is 8.88. The number of benzene rings is 1. The normalized spacial score (nSPS) is 11.3. The van der Waals surface area contributed by atoms with Gasteiger partial charge in [-0.25, -0.2) is 13.4 Å². The highest BCUT2D eigenvalue weighted by atomic mass is 79.9. The Bertz CT molecular complexity index is 719. The second kappa shape index (κ2) is 5.48. The lowest BCUT2D eigenvalue weighted by atomic mass is 10.2. The Kier molecular flexibility index (Phi) is 4.13. The van der Waals surface area contributed by atoms with Gasteiger partial charge in [-0.3, -0.25) is 4.72 Å². The number of hydrogen-bond acceptors (Lipinski definition) is 3. The fraction of sp³-hybridized carbons (Fsp3) is 0.0833. The molecule has 0 atom stereocenters. The minimum absolute atomic E-state index is 0.0648. The first-order valence-corrected chi connectivity index (χ1v) is 7.94. The fourth-order valence-electron chi connectivity index (χ4n) is 1.51. The molecule has 19 heavy (non-hydrogen) atoms. The summed E-state index contributed by atoms with van der Waals surface area (Å²) in [6.45, 7) is 1.88. The molecule has 0 aliphatic carbocycles. The van der Waals surface area contributed by atoms with E-state index in [4.69, 9.17) is 11.6 Å². The zero-order valence-electron chi connectivity index (χ0n) is 9.89. The van der Waals surface area contributed by atoms with E-state index in [0.717, 1.165) is 5.56 Å². The van der Waals surface area contributed by atoms with Crippen LogP contribution in [0.15, 0.2) is 45.9 Å². The summed E-state index contributed by atoms with van der Waals surface area (Å²) < 4.78 is 27.5. The van der Waals surface area contributed by atoms with Crippen LogP contribution in [0.3, 0.4) is 0 Å². The van der Waals surface area contributed by atoms with Crippen molar-refractivity contribution in [1.29, 1.82) is 0 Å². The number of hydrogen-bond donors (Lipinski definition) is 1. The molecule has 7 heteroatoms. The average molecular weight is 362 g/mol. The maximum absolute atomic E-state index is 12.2. The van der Waals surface area contributed by atoms with E-state index in [1.807, 2.05) is 13.0 Å². The second-order valence-electron chi connectivity index (χ2n) is 3.92. The number of anilines is 1. The molecular formula is C12H10BrClN2O2S. The van der Waals surface area contributed by atoms with Crippen LogP contribution in [0.5, 0.6) is 0 Å². The summed E-state index contributed by atoms with van der Waals surface area (Å²) in [5, 5.41) is -0.0663. The van der Waals surface area contributed by atoms with Gasteiger partial charge in [0.05, 0.1) is 0 Å². The van der Waals surface area contributed by atoms with Crippen molar-refractivity contribution in [2.75, 3.05) is 4.72 Å². The third kappa shape index (κ3) is 3.46. The largest absolute Gasteiger partial charge is 0.280 e. The van der Waals surface area contributed by atoms with Crippen molar-refractivity contribution < 1.29 is 8.42 Å². The monoisotopic (exact) mass is 360 g/mol. The van der Waals surface area contributed by atoms with Crippen molar-refractivity contribution in [3.63, 3.8) is 0 Å². The number of rotatable bonds is 3. The number of aryl methyl sites for hydroxylation is 1. The highest BCUT2D eigenvalue weighted by Gasteiger charge is 2.19. The van der Waals surface area contributed by atoms with Crippen molar-refractivity contribution in [1.82, 2.24) is 4.98 Å². The Balaban J connectivity index is 2.40. The molecule has 0 amide bonds. The van der Waals surface area contributed by atoms with Gasteiger partial charge in [0, 0.05) is 16.4 Å². The van der Waals surface area contributed by atoms with Crippen LogP contribution >= 0.6 is 27.5 Å². The van der Waals surface area contributed by atoms with Gasteiger partial charge >= 0.3 is 0 Å². The standard InChI is InChI=1S/C12H10BrClN2O2S/c1-8-3-2-4-10(5-8)16-19(17,18)11-6-9(13)7-15-12(11)14/h2-7,16H,1H3. The summed E-state index contributed by atoms with van der Waals surface area (Å²) >= 11 is 9.00. The maximum atomic E-state index is 12.2. The molecule has 0 unspecified atom stereocenters. The Morgan fingerprint density at radius 1 is 1.32 bits per heavy atom. The van der Waals surface area contributed by atoms with Gasteiger partial charge in [-0.15, -0.1) is 0 Å². The van der Waals surface area contributed by atoms with Crippen LogP contribution in [-0.2, 0) is 10.0 Å². The molecule has 2 aromatic rings. The molecule has 1 aromatic carbocycles. The van der Waals surface area contributed by atoms with Crippen LogP contribution < -0.4 is 4.72 Å². The van der Waals surface area contributed by atoms with Gasteiger partial charge in [0.25, 0.3) is 10.0 Å². The minimum Gasteiger partial charge on any atom is -0.280 e. The van der Waals surface area contributed by atoms with Crippen molar-refractivity contribution in [2.45, 2.75) is 11.8 Å². The fourth-order valence-corrected chi connectivity index (χ4v) is 3.51. The molecule has 0 spiro atoms. The number of pyridine rings is 1. The van der Waals surface area contributed by atoms with E-state index < -0.39 is 10.0 Å². The van der Waals surface area contributed by atoms with Crippen molar-refractivity contribution in [2.24, 2.45) is 0 Å². The van der Waals surface area contributed by atoms with Crippen LogP contribution in [0.25, 0.3) is 0 Å². The van der Waals surface area contributed by atoms with Gasteiger partial charge < -0.3 is 0 Å². The Morgan fingerprint density at radius 2 is 2.05 bits per heavy atom. The van der Waals surface area contributed by atoms with Crippen LogP contribution in [0.4, 0.5) is 5.69 Å². The summed E-state index contributed by atoms with van der Waals surface area (Å²) in [5.41, 5.74) is 1.44. The first kappa shape index (κ1) is 14.3. The van der Waals surface area contributed by atoms with Crippen molar-refractivity contribution in [3.8, 4) is 0 Å². The molecule has 1 heterocycles. The molecule has 1 N–H and O–H groups in total. The molecule has 0 saturated carbocycles. The molecule has 2 rings (SSSR count). The van der Waals surface area contributed by atoms with Crippen LogP contribution in [0, 0.1) is 6.92 Å². The van der Waals surface area contributed by atoms with E-state index in [2.05, 4.69) is 25.6 Å². The van der Waals surface area contributed by atoms with Crippen molar-refractivity contribution in [3.05, 3.63) is 51.7 Å². The third-order valence-electron chi connectivity index (χ3n) is 2.33. The number of aromatic nitrogens is 1. The van der Waals surface area contributed by atoms with Crippen LogP contribution in [0.1, 0.15) is 5.56 Å². The molecule has 4 nitrogen and oxygen atoms in total. The number of sulfonamides is 1. The Morgan fingerprint density at radius 3 is 2.74 bits per heavy atom. The predicted molar refractivity (Wildman–Crippen MR) is 78.9 cm³/mol. The smallest absolute Gasteiger partial charge is 0.265 e. The molecule has 0 saturated heterocycles. The molecule has 0 fully saturated rings. The van der Waals surface area contributed by atoms with E-state index in [-0.39, 0.29) is 10.0 Å². The summed E-state index contributed by atoms with van der Waals surface area (Å²) in [5.74, 6) is 0. The topological polar surface area (TPSA) is 59.1 Å². The summed E-state index contributed by atoms with van der Waals surface area (Å²) in [6, 6.07) is 8.47. The molecular weight excluding hydrogens is 352 g/mol. The van der Waals surface area contributed by atoms with Crippen LogP contribution in [-0.4, -0.2) is 13.4 Å². The average Bonchev–Trinajstić information content (AvgIpc) is 2.31. The van der Waals surface area contributed by atoms with E-state index in [1.165, 1.54) is 12.3 Å². The quantitative estimate of drug-likeness (QED) is 0.850. The lowest BCUT2D eigenvalue weighted by Gasteiger charge is -2.09. The van der Waals surface area contributed by atoms with Gasteiger partial charge in [-0.05, 0) is 46.6 Å². The number of nitrogens with zero attached hydrogens (tertiary/aromatic N) is 1. The van der Waals surface area contributed by atoms with Gasteiger partial charge in [0.1, 0.15) is 10.0 Å². The molecule has 0 radical (unpaired) electrons. The summed E-state index contributed by atoms with van der Waals surface area (Å²) in [6.07, 6.45) is 1.44. The zero-order valence-corrected chi connectivity index (χ0v) is 13.1. The van der Waals surface area contributed by atoms with Crippen molar-refractivity contribution >= 4 is 43.2 Å². The third-order valence-corrected chi connectivity index (χ3v) is 4.57. The van der Waals surface area contributed by atoms with Gasteiger partial charge in [-0.2, -0.15) is 0 Å². The van der Waals surface area contributed by atoms with E-state index >= 15 is 0 Å². The lowest BCUT2D eigenvalue weighted by Crippen LogP contribution is -2.14. The van der Waals surface area contributed by atoms with Crippen LogP contribution in [0.2, 0.25) is 5.15 Å². The van der Waals surface area contributed by atoms with E-state index in [0.29, 0.717) is 10.2 Å². The predicted octanol–water partition coefficient (Wildman–Crippen LogP) is 3.61. The van der Waals surface area contributed by atoms with E-state index in [9.17, 15) is 8.42 Å². The summed E-state index contributed by atoms with van der Waals surface area (Å²) in [7, 11) is -3.76. The molecule has 100 valence electrons. The molecule has 0 aliphatic heterocycles. The Labute approximate surface area is 125 Å². The highest BCUT2D eigenvalue weighted by Crippen LogP contribution is 2.25. The lowest BCUT2D eigenvalue weighted by molar-refractivity contribution is 0.601. The van der Waals surface area contributed by atoms with Gasteiger partial charge in [0.15, 0.2) is 0 Å². The SMILES string of the molecule is Cc1cccc(NS(=O)(=O)c2cc(Br)cnc2Cl)c1. The minimum atomic E-state index is -3.76. The first-order valence-electron chi connectivity index (χ1n) is 5.29. The van der Waals surface area contributed by atoms with Gasteiger partial charge in [-0.1, -0.05) is 23.7 Å². The van der Waals surface area contributed by atoms with E-state index in [1.54, 1.807) is 18.2 Å². The molecule has 0 bridgehead atoms. The number of nitrogens with one attached hydrogen (secondary N) is 1. The van der Waals surface area contributed by atoms with Gasteiger partial charge in [0.2, 0.25) is 0 Å². The second-order valence-corrected chi connectivity index (χ2v) is 6.84. The highest BCUT2D eigenvalue weighted by molar-refractivity contribution is 9.10. The molecule has 0 aliphatic rings. The number of halogens is 2. The maximum Gasteiger partial charge on any atom is 0.265 e. The summed E-state index contributed by atoms with van der Waals surface area (Å²) in [4.78, 5) is 3.74. The Hall–Kier alpha value is -1.11.